The standard InChI is InChI=1S/C16H12ClNO3/c1-20-14-9-10(8-11(17)16(14)19)6-7-15-18-12-4-2-3-5-13(12)21-15/h2-9,19H,1H3/b7-6+. The Kier molecular flexibility index (Phi) is 3.54. The van der Waals surface area contributed by atoms with Gasteiger partial charge in [0.2, 0.25) is 5.89 Å². The number of phenols is 1. The van der Waals surface area contributed by atoms with Crippen molar-refractivity contribution >= 4 is 34.9 Å². The highest BCUT2D eigenvalue weighted by molar-refractivity contribution is 6.32. The lowest BCUT2D eigenvalue weighted by Crippen LogP contribution is -1.85. The van der Waals surface area contributed by atoms with E-state index in [2.05, 4.69) is 4.98 Å². The molecule has 0 spiro atoms. The fraction of sp³-hybridized carbons (Fsp3) is 0.0625. The van der Waals surface area contributed by atoms with E-state index in [1.807, 2.05) is 24.3 Å². The van der Waals surface area contributed by atoms with E-state index in [0.717, 1.165) is 16.7 Å². The van der Waals surface area contributed by atoms with E-state index in [1.165, 1.54) is 7.11 Å². The Bertz CT molecular complexity index is 791. The van der Waals surface area contributed by atoms with Crippen LogP contribution in [0.3, 0.4) is 0 Å². The number of benzene rings is 2. The third-order valence-electron chi connectivity index (χ3n) is 3.00. The molecule has 0 unspecified atom stereocenters. The number of rotatable bonds is 3. The Morgan fingerprint density at radius 1 is 1.24 bits per heavy atom. The number of aromatic hydroxyl groups is 1. The van der Waals surface area contributed by atoms with Crippen LogP contribution >= 0.6 is 11.6 Å². The SMILES string of the molecule is COc1cc(/C=C/c2nc3ccccc3o2)cc(Cl)c1O. The Morgan fingerprint density at radius 3 is 2.81 bits per heavy atom. The Morgan fingerprint density at radius 2 is 2.05 bits per heavy atom. The summed E-state index contributed by atoms with van der Waals surface area (Å²) < 4.78 is 10.6. The molecular weight excluding hydrogens is 290 g/mol. The summed E-state index contributed by atoms with van der Waals surface area (Å²) in [6, 6.07) is 10.9. The first kappa shape index (κ1) is 13.5. The number of phenolic OH excluding ortho intramolecular Hbond substituents is 1. The van der Waals surface area contributed by atoms with Gasteiger partial charge in [-0.05, 0) is 35.9 Å². The van der Waals surface area contributed by atoms with E-state index in [-0.39, 0.29) is 10.8 Å². The molecule has 3 aromatic rings. The van der Waals surface area contributed by atoms with Crippen LogP contribution in [0, 0.1) is 0 Å². The zero-order valence-corrected chi connectivity index (χ0v) is 12.0. The van der Waals surface area contributed by atoms with Crippen molar-refractivity contribution in [1.29, 1.82) is 0 Å². The van der Waals surface area contributed by atoms with Crippen LogP contribution in [0.25, 0.3) is 23.3 Å². The molecule has 1 heterocycles. The minimum atomic E-state index is -0.0711. The average molecular weight is 302 g/mol. The lowest BCUT2D eigenvalue weighted by molar-refractivity contribution is 0.373. The predicted molar refractivity (Wildman–Crippen MR) is 82.6 cm³/mol. The molecule has 5 heteroatoms. The molecule has 0 atom stereocenters. The molecule has 106 valence electrons. The van der Waals surface area contributed by atoms with Crippen LogP contribution in [0.2, 0.25) is 5.02 Å². The van der Waals surface area contributed by atoms with Gasteiger partial charge in [-0.2, -0.15) is 0 Å². The molecule has 0 saturated carbocycles. The molecule has 4 nitrogen and oxygen atoms in total. The van der Waals surface area contributed by atoms with Gasteiger partial charge in [0, 0.05) is 6.08 Å². The molecule has 1 aromatic heterocycles. The summed E-state index contributed by atoms with van der Waals surface area (Å²) in [5.74, 6) is 0.747. The monoisotopic (exact) mass is 301 g/mol. The van der Waals surface area contributed by atoms with E-state index >= 15 is 0 Å². The lowest BCUT2D eigenvalue weighted by atomic mass is 10.2. The molecule has 0 aliphatic carbocycles. The largest absolute Gasteiger partial charge is 0.503 e. The van der Waals surface area contributed by atoms with Crippen molar-refractivity contribution in [2.24, 2.45) is 0 Å². The first-order chi connectivity index (χ1) is 10.2. The second-order valence-electron chi connectivity index (χ2n) is 4.41. The minimum absolute atomic E-state index is 0.0711. The molecular formula is C16H12ClNO3. The van der Waals surface area contributed by atoms with Gasteiger partial charge in [0.25, 0.3) is 0 Å². The van der Waals surface area contributed by atoms with Crippen molar-refractivity contribution in [1.82, 2.24) is 4.98 Å². The lowest BCUT2D eigenvalue weighted by Gasteiger charge is -2.05. The molecule has 0 bridgehead atoms. The predicted octanol–water partition coefficient (Wildman–Crippen LogP) is 4.37. The van der Waals surface area contributed by atoms with E-state index < -0.39 is 0 Å². The number of hydrogen-bond acceptors (Lipinski definition) is 4. The molecule has 3 rings (SSSR count). The Balaban J connectivity index is 1.93. The fourth-order valence-electron chi connectivity index (χ4n) is 1.97. The first-order valence-electron chi connectivity index (χ1n) is 6.27. The zero-order chi connectivity index (χ0) is 14.8. The normalized spacial score (nSPS) is 11.3. The summed E-state index contributed by atoms with van der Waals surface area (Å²) in [5, 5.41) is 9.92. The van der Waals surface area contributed by atoms with E-state index in [4.69, 9.17) is 20.8 Å². The highest BCUT2D eigenvalue weighted by Crippen LogP contribution is 2.35. The minimum Gasteiger partial charge on any atom is -0.503 e. The molecule has 0 amide bonds. The summed E-state index contributed by atoms with van der Waals surface area (Å²) in [5.41, 5.74) is 2.31. The molecule has 0 fully saturated rings. The maximum absolute atomic E-state index is 9.69. The third-order valence-corrected chi connectivity index (χ3v) is 3.29. The van der Waals surface area contributed by atoms with Crippen LogP contribution in [0.1, 0.15) is 11.5 Å². The van der Waals surface area contributed by atoms with Gasteiger partial charge >= 0.3 is 0 Å². The second-order valence-corrected chi connectivity index (χ2v) is 4.81. The number of methoxy groups -OCH3 is 1. The summed E-state index contributed by atoms with van der Waals surface area (Å²) in [6.45, 7) is 0. The van der Waals surface area contributed by atoms with E-state index in [1.54, 1.807) is 24.3 Å². The van der Waals surface area contributed by atoms with Gasteiger partial charge in [-0.3, -0.25) is 0 Å². The Hall–Kier alpha value is -2.46. The van der Waals surface area contributed by atoms with Crippen molar-refractivity contribution in [3.8, 4) is 11.5 Å². The highest BCUT2D eigenvalue weighted by Gasteiger charge is 2.08. The smallest absolute Gasteiger partial charge is 0.220 e. The van der Waals surface area contributed by atoms with Crippen molar-refractivity contribution in [2.75, 3.05) is 7.11 Å². The summed E-state index contributed by atoms with van der Waals surface area (Å²) >= 11 is 5.94. The number of nitrogens with zero attached hydrogens (tertiary/aromatic N) is 1. The van der Waals surface area contributed by atoms with Crippen molar-refractivity contribution < 1.29 is 14.3 Å². The van der Waals surface area contributed by atoms with E-state index in [0.29, 0.717) is 11.6 Å². The van der Waals surface area contributed by atoms with Crippen LogP contribution in [0.15, 0.2) is 40.8 Å². The van der Waals surface area contributed by atoms with Crippen LogP contribution in [0.4, 0.5) is 0 Å². The van der Waals surface area contributed by atoms with Gasteiger partial charge < -0.3 is 14.3 Å². The maximum Gasteiger partial charge on any atom is 0.220 e. The molecule has 0 aliphatic rings. The van der Waals surface area contributed by atoms with Gasteiger partial charge in [0.05, 0.1) is 12.1 Å². The maximum atomic E-state index is 9.69. The van der Waals surface area contributed by atoms with Crippen molar-refractivity contribution in [3.05, 3.63) is 52.9 Å². The van der Waals surface area contributed by atoms with Crippen molar-refractivity contribution in [2.45, 2.75) is 0 Å². The fourth-order valence-corrected chi connectivity index (χ4v) is 2.19. The highest BCUT2D eigenvalue weighted by atomic mass is 35.5. The number of hydrogen-bond donors (Lipinski definition) is 1. The molecule has 21 heavy (non-hydrogen) atoms. The van der Waals surface area contributed by atoms with E-state index in [9.17, 15) is 5.11 Å². The Labute approximate surface area is 126 Å². The second kappa shape index (κ2) is 5.50. The number of halogens is 1. The van der Waals surface area contributed by atoms with Crippen LogP contribution < -0.4 is 4.74 Å². The average Bonchev–Trinajstić information content (AvgIpc) is 2.91. The topological polar surface area (TPSA) is 55.5 Å². The van der Waals surface area contributed by atoms with Gasteiger partial charge in [0.15, 0.2) is 17.1 Å². The first-order valence-corrected chi connectivity index (χ1v) is 6.65. The quantitative estimate of drug-likeness (QED) is 0.780. The molecule has 2 aromatic carbocycles. The van der Waals surface area contributed by atoms with Gasteiger partial charge in [-0.25, -0.2) is 4.98 Å². The number of aromatic nitrogens is 1. The summed E-state index contributed by atoms with van der Waals surface area (Å²) in [7, 11) is 1.47. The third kappa shape index (κ3) is 2.71. The number of oxazole rings is 1. The molecule has 0 aliphatic heterocycles. The van der Waals surface area contributed by atoms with Gasteiger partial charge in [-0.1, -0.05) is 23.7 Å². The zero-order valence-electron chi connectivity index (χ0n) is 11.2. The molecule has 0 radical (unpaired) electrons. The van der Waals surface area contributed by atoms with Gasteiger partial charge in [0.1, 0.15) is 5.52 Å². The number of para-hydroxylation sites is 2. The number of fused-ring (bicyclic) bond motifs is 1. The molecule has 1 N–H and O–H groups in total. The summed E-state index contributed by atoms with van der Waals surface area (Å²) in [6.07, 6.45) is 3.53. The van der Waals surface area contributed by atoms with Crippen LogP contribution in [-0.4, -0.2) is 17.2 Å². The van der Waals surface area contributed by atoms with Crippen LogP contribution in [-0.2, 0) is 0 Å². The van der Waals surface area contributed by atoms with Gasteiger partial charge in [-0.15, -0.1) is 0 Å². The van der Waals surface area contributed by atoms with Crippen LogP contribution in [0.5, 0.6) is 11.5 Å². The number of ether oxygens (including phenoxy) is 1. The summed E-state index contributed by atoms with van der Waals surface area (Å²) in [4.78, 5) is 4.34. The van der Waals surface area contributed by atoms with Crippen molar-refractivity contribution in [3.63, 3.8) is 0 Å². The molecule has 0 saturated heterocycles.